The highest BCUT2D eigenvalue weighted by molar-refractivity contribution is 6.01. The summed E-state index contributed by atoms with van der Waals surface area (Å²) in [5.41, 5.74) is 0. The van der Waals surface area contributed by atoms with Gasteiger partial charge in [-0.05, 0) is 31.8 Å². The molecule has 3 amide bonds. The van der Waals surface area contributed by atoms with Crippen molar-refractivity contribution in [2.45, 2.75) is 12.8 Å². The fourth-order valence-corrected chi connectivity index (χ4v) is 1.98. The van der Waals surface area contributed by atoms with Crippen molar-refractivity contribution >= 4 is 11.9 Å². The fraction of sp³-hybridized carbons (Fsp3) is 0.778. The zero-order chi connectivity index (χ0) is 9.97. The molecule has 0 aromatic rings. The molecule has 5 heteroatoms. The Kier molecular flexibility index (Phi) is 2.67. The smallest absolute Gasteiger partial charge is 0.324 e. The Balaban J connectivity index is 1.89. The summed E-state index contributed by atoms with van der Waals surface area (Å²) >= 11 is 0. The highest BCUT2D eigenvalue weighted by Gasteiger charge is 2.30. The van der Waals surface area contributed by atoms with Crippen LogP contribution in [0.15, 0.2) is 0 Å². The molecule has 2 rings (SSSR count). The van der Waals surface area contributed by atoms with Crippen LogP contribution in [0.5, 0.6) is 0 Å². The Bertz CT molecular complexity index is 232. The molecule has 0 aromatic heterocycles. The quantitative estimate of drug-likeness (QED) is 0.589. The summed E-state index contributed by atoms with van der Waals surface area (Å²) in [5.74, 6) is 0.331. The molecule has 78 valence electrons. The molecular formula is C9H15N3O2. The van der Waals surface area contributed by atoms with Gasteiger partial charge in [0.05, 0.1) is 6.54 Å². The Morgan fingerprint density at radius 3 is 2.86 bits per heavy atom. The van der Waals surface area contributed by atoms with E-state index in [1.54, 1.807) is 0 Å². The van der Waals surface area contributed by atoms with Gasteiger partial charge < -0.3 is 10.6 Å². The van der Waals surface area contributed by atoms with Crippen LogP contribution in [-0.4, -0.2) is 43.0 Å². The molecule has 5 nitrogen and oxygen atoms in total. The lowest BCUT2D eigenvalue weighted by Crippen LogP contribution is -2.41. The molecular weight excluding hydrogens is 182 g/mol. The lowest BCUT2D eigenvalue weighted by molar-refractivity contribution is -0.125. The largest absolute Gasteiger partial charge is 0.329 e. The Morgan fingerprint density at radius 1 is 1.43 bits per heavy atom. The van der Waals surface area contributed by atoms with Crippen LogP contribution in [0.2, 0.25) is 0 Å². The number of nitrogens with one attached hydrogen (secondary N) is 2. The lowest BCUT2D eigenvalue weighted by atomic mass is 9.99. The Morgan fingerprint density at radius 2 is 2.29 bits per heavy atom. The number of nitrogens with zero attached hydrogens (tertiary/aromatic N) is 1. The predicted octanol–water partition coefficient (Wildman–Crippen LogP) is -0.462. The molecule has 0 aromatic carbocycles. The van der Waals surface area contributed by atoms with E-state index in [2.05, 4.69) is 10.6 Å². The van der Waals surface area contributed by atoms with Gasteiger partial charge in [-0.25, -0.2) is 4.79 Å². The second-order valence-electron chi connectivity index (χ2n) is 3.88. The number of rotatable bonds is 2. The molecule has 2 heterocycles. The van der Waals surface area contributed by atoms with Crippen LogP contribution in [0.1, 0.15) is 12.8 Å². The fourth-order valence-electron chi connectivity index (χ4n) is 1.98. The van der Waals surface area contributed by atoms with Crippen LogP contribution >= 0.6 is 0 Å². The molecule has 2 aliphatic heterocycles. The summed E-state index contributed by atoms with van der Waals surface area (Å²) in [4.78, 5) is 23.8. The van der Waals surface area contributed by atoms with E-state index in [0.717, 1.165) is 25.9 Å². The van der Waals surface area contributed by atoms with Crippen molar-refractivity contribution in [2.75, 3.05) is 26.2 Å². The van der Waals surface area contributed by atoms with E-state index in [1.807, 2.05) is 0 Å². The first-order valence-electron chi connectivity index (χ1n) is 5.06. The van der Waals surface area contributed by atoms with Gasteiger partial charge in [-0.2, -0.15) is 0 Å². The summed E-state index contributed by atoms with van der Waals surface area (Å²) < 4.78 is 0. The molecule has 14 heavy (non-hydrogen) atoms. The van der Waals surface area contributed by atoms with Crippen molar-refractivity contribution in [3.05, 3.63) is 0 Å². The molecule has 0 aliphatic carbocycles. The van der Waals surface area contributed by atoms with Crippen molar-refractivity contribution < 1.29 is 9.59 Å². The monoisotopic (exact) mass is 197 g/mol. The second kappa shape index (κ2) is 3.96. The van der Waals surface area contributed by atoms with Gasteiger partial charge in [0.15, 0.2) is 0 Å². The van der Waals surface area contributed by atoms with Crippen LogP contribution in [-0.2, 0) is 4.79 Å². The van der Waals surface area contributed by atoms with E-state index in [9.17, 15) is 9.59 Å². The van der Waals surface area contributed by atoms with E-state index in [4.69, 9.17) is 0 Å². The summed E-state index contributed by atoms with van der Waals surface area (Å²) in [6, 6.07) is -0.236. The first-order valence-corrected chi connectivity index (χ1v) is 5.06. The third-order valence-electron chi connectivity index (χ3n) is 2.78. The number of imide groups is 1. The van der Waals surface area contributed by atoms with Crippen molar-refractivity contribution in [1.29, 1.82) is 0 Å². The van der Waals surface area contributed by atoms with Gasteiger partial charge in [0, 0.05) is 6.54 Å². The summed E-state index contributed by atoms with van der Waals surface area (Å²) in [5, 5.41) is 5.79. The molecule has 2 aliphatic rings. The van der Waals surface area contributed by atoms with Crippen LogP contribution < -0.4 is 10.6 Å². The Labute approximate surface area is 82.8 Å². The molecule has 0 saturated carbocycles. The van der Waals surface area contributed by atoms with Gasteiger partial charge in [0.2, 0.25) is 5.91 Å². The maximum atomic E-state index is 11.3. The maximum Gasteiger partial charge on any atom is 0.324 e. The predicted molar refractivity (Wildman–Crippen MR) is 50.7 cm³/mol. The first kappa shape index (κ1) is 9.45. The third kappa shape index (κ3) is 1.87. The summed E-state index contributed by atoms with van der Waals surface area (Å²) in [6.07, 6.45) is 2.23. The van der Waals surface area contributed by atoms with E-state index < -0.39 is 0 Å². The highest BCUT2D eigenvalue weighted by atomic mass is 16.2. The van der Waals surface area contributed by atoms with Crippen molar-refractivity contribution in [3.63, 3.8) is 0 Å². The average molecular weight is 197 g/mol. The molecule has 2 fully saturated rings. The molecule has 0 bridgehead atoms. The molecule has 2 N–H and O–H groups in total. The van der Waals surface area contributed by atoms with E-state index in [1.165, 1.54) is 4.90 Å². The standard InChI is InChI=1S/C9H15N3O2/c13-8-5-11-9(14)12(8)6-7-2-1-3-10-4-7/h7,10H,1-6H2,(H,11,14)/t7-/m0/s1. The zero-order valence-corrected chi connectivity index (χ0v) is 8.08. The van der Waals surface area contributed by atoms with Gasteiger partial charge in [-0.15, -0.1) is 0 Å². The van der Waals surface area contributed by atoms with Crippen LogP contribution in [0.25, 0.3) is 0 Å². The summed E-state index contributed by atoms with van der Waals surface area (Å²) in [6.45, 7) is 2.70. The first-order chi connectivity index (χ1) is 6.77. The topological polar surface area (TPSA) is 61.4 Å². The summed E-state index contributed by atoms with van der Waals surface area (Å²) in [7, 11) is 0. The second-order valence-corrected chi connectivity index (χ2v) is 3.88. The minimum Gasteiger partial charge on any atom is -0.329 e. The van der Waals surface area contributed by atoms with Crippen molar-refractivity contribution in [3.8, 4) is 0 Å². The average Bonchev–Trinajstić information content (AvgIpc) is 2.51. The third-order valence-corrected chi connectivity index (χ3v) is 2.78. The van der Waals surface area contributed by atoms with Crippen LogP contribution in [0.4, 0.5) is 4.79 Å². The minimum absolute atomic E-state index is 0.0967. The lowest BCUT2D eigenvalue weighted by Gasteiger charge is -2.25. The van der Waals surface area contributed by atoms with E-state index in [-0.39, 0.29) is 18.5 Å². The van der Waals surface area contributed by atoms with Crippen molar-refractivity contribution in [2.24, 2.45) is 5.92 Å². The molecule has 0 spiro atoms. The van der Waals surface area contributed by atoms with Gasteiger partial charge in [-0.1, -0.05) is 0 Å². The number of carbonyl (C=O) groups excluding carboxylic acids is 2. The van der Waals surface area contributed by atoms with Gasteiger partial charge in [-0.3, -0.25) is 9.69 Å². The normalized spacial score (nSPS) is 28.0. The van der Waals surface area contributed by atoms with Gasteiger partial charge >= 0.3 is 6.03 Å². The maximum absolute atomic E-state index is 11.3. The zero-order valence-electron chi connectivity index (χ0n) is 8.08. The van der Waals surface area contributed by atoms with Crippen LogP contribution in [0, 0.1) is 5.92 Å². The van der Waals surface area contributed by atoms with E-state index in [0.29, 0.717) is 12.5 Å². The Hall–Kier alpha value is -1.10. The molecule has 1 atom stereocenters. The SMILES string of the molecule is O=C1CNC(=O)N1C[C@H]1CCCNC1. The van der Waals surface area contributed by atoms with Gasteiger partial charge in [0.1, 0.15) is 0 Å². The van der Waals surface area contributed by atoms with Gasteiger partial charge in [0.25, 0.3) is 0 Å². The highest BCUT2D eigenvalue weighted by Crippen LogP contribution is 2.13. The molecule has 0 radical (unpaired) electrons. The molecule has 2 saturated heterocycles. The number of hydrogen-bond donors (Lipinski definition) is 2. The van der Waals surface area contributed by atoms with Crippen LogP contribution in [0.3, 0.4) is 0 Å². The number of amides is 3. The number of carbonyl (C=O) groups is 2. The van der Waals surface area contributed by atoms with E-state index >= 15 is 0 Å². The number of urea groups is 1. The minimum atomic E-state index is -0.236. The van der Waals surface area contributed by atoms with Crippen molar-refractivity contribution in [1.82, 2.24) is 15.5 Å². The number of hydrogen-bond acceptors (Lipinski definition) is 3. The number of piperidine rings is 1. The molecule has 0 unspecified atom stereocenters.